The predicted octanol–water partition coefficient (Wildman–Crippen LogP) is 2.45. The first kappa shape index (κ1) is 13.0. The van der Waals surface area contributed by atoms with Crippen LogP contribution >= 0.6 is 11.8 Å². The molecule has 4 heteroatoms. The molecule has 3 fully saturated rings. The summed E-state index contributed by atoms with van der Waals surface area (Å²) < 4.78 is 0. The SMILES string of the molecule is O=C(O)C1=CC2C(C=C1)NC(C1CC1)C21CCSCC1. The Hall–Kier alpha value is -0.740. The molecule has 1 spiro atoms. The summed E-state index contributed by atoms with van der Waals surface area (Å²) in [6, 6.07) is 0.958. The number of fused-ring (bicyclic) bond motifs is 2. The quantitative estimate of drug-likeness (QED) is 0.820. The summed E-state index contributed by atoms with van der Waals surface area (Å²) in [6.45, 7) is 0. The van der Waals surface area contributed by atoms with Crippen LogP contribution in [0.5, 0.6) is 0 Å². The van der Waals surface area contributed by atoms with E-state index in [1.54, 1.807) is 6.08 Å². The summed E-state index contributed by atoms with van der Waals surface area (Å²) in [6.07, 6.45) is 11.1. The Bertz CT molecular complexity index is 489. The Morgan fingerprint density at radius 3 is 2.75 bits per heavy atom. The van der Waals surface area contributed by atoms with Gasteiger partial charge in [0.2, 0.25) is 0 Å². The van der Waals surface area contributed by atoms with Crippen molar-refractivity contribution >= 4 is 17.7 Å². The molecule has 0 aromatic carbocycles. The van der Waals surface area contributed by atoms with Gasteiger partial charge < -0.3 is 10.4 Å². The van der Waals surface area contributed by atoms with Crippen LogP contribution in [0.3, 0.4) is 0 Å². The van der Waals surface area contributed by atoms with Gasteiger partial charge in [-0.1, -0.05) is 18.2 Å². The van der Waals surface area contributed by atoms with Gasteiger partial charge in [-0.2, -0.15) is 11.8 Å². The van der Waals surface area contributed by atoms with Crippen LogP contribution < -0.4 is 5.32 Å². The van der Waals surface area contributed by atoms with Crippen LogP contribution in [0.15, 0.2) is 23.8 Å². The number of aliphatic carboxylic acids is 1. The molecule has 3 nitrogen and oxygen atoms in total. The van der Waals surface area contributed by atoms with Gasteiger partial charge in [-0.25, -0.2) is 4.79 Å². The van der Waals surface area contributed by atoms with Crippen molar-refractivity contribution < 1.29 is 9.90 Å². The first-order valence-corrected chi connectivity index (χ1v) is 8.83. The summed E-state index contributed by atoms with van der Waals surface area (Å²) >= 11 is 2.05. The zero-order chi connectivity index (χ0) is 13.7. The zero-order valence-electron chi connectivity index (χ0n) is 11.5. The van der Waals surface area contributed by atoms with Crippen LogP contribution in [0.1, 0.15) is 25.7 Å². The molecule has 0 bridgehead atoms. The normalized spacial score (nSPS) is 38.6. The first-order chi connectivity index (χ1) is 9.71. The van der Waals surface area contributed by atoms with E-state index >= 15 is 0 Å². The third-order valence-corrected chi connectivity index (χ3v) is 6.63. The molecule has 1 saturated carbocycles. The minimum atomic E-state index is -0.782. The van der Waals surface area contributed by atoms with E-state index in [2.05, 4.69) is 29.2 Å². The number of nitrogens with one attached hydrogen (secondary N) is 1. The minimum absolute atomic E-state index is 0.308. The number of hydrogen-bond donors (Lipinski definition) is 2. The Labute approximate surface area is 123 Å². The molecule has 4 aliphatic rings. The molecule has 2 aliphatic carbocycles. The summed E-state index contributed by atoms with van der Waals surface area (Å²) in [5.74, 6) is 2.89. The third-order valence-electron chi connectivity index (χ3n) is 5.65. The summed E-state index contributed by atoms with van der Waals surface area (Å²) in [5.41, 5.74) is 0.796. The van der Waals surface area contributed by atoms with Crippen LogP contribution in [0, 0.1) is 17.3 Å². The number of carbonyl (C=O) groups is 1. The number of carboxylic acid groups (broad SMARTS) is 1. The van der Waals surface area contributed by atoms with E-state index in [0.717, 1.165) is 5.92 Å². The molecular weight excluding hydrogens is 270 g/mol. The van der Waals surface area contributed by atoms with E-state index < -0.39 is 5.97 Å². The van der Waals surface area contributed by atoms with E-state index in [-0.39, 0.29) is 0 Å². The van der Waals surface area contributed by atoms with Crippen molar-refractivity contribution in [1.29, 1.82) is 0 Å². The van der Waals surface area contributed by atoms with E-state index in [4.69, 9.17) is 0 Å². The van der Waals surface area contributed by atoms with Crippen molar-refractivity contribution in [3.8, 4) is 0 Å². The van der Waals surface area contributed by atoms with Gasteiger partial charge in [0, 0.05) is 18.0 Å². The van der Waals surface area contributed by atoms with Gasteiger partial charge in [0.15, 0.2) is 0 Å². The molecule has 2 N–H and O–H groups in total. The van der Waals surface area contributed by atoms with Crippen LogP contribution in [0.2, 0.25) is 0 Å². The number of hydrogen-bond acceptors (Lipinski definition) is 3. The number of thioether (sulfide) groups is 1. The van der Waals surface area contributed by atoms with Gasteiger partial charge in [0.05, 0.1) is 5.57 Å². The van der Waals surface area contributed by atoms with E-state index in [0.29, 0.717) is 29.0 Å². The lowest BCUT2D eigenvalue weighted by molar-refractivity contribution is -0.132. The Morgan fingerprint density at radius 2 is 2.10 bits per heavy atom. The second kappa shape index (κ2) is 4.63. The van der Waals surface area contributed by atoms with Gasteiger partial charge in [0.1, 0.15) is 0 Å². The molecule has 0 aromatic heterocycles. The summed E-state index contributed by atoms with van der Waals surface area (Å²) in [7, 11) is 0. The Morgan fingerprint density at radius 1 is 1.35 bits per heavy atom. The molecule has 2 heterocycles. The molecule has 3 unspecified atom stereocenters. The number of rotatable bonds is 2. The van der Waals surface area contributed by atoms with Gasteiger partial charge in [-0.05, 0) is 48.5 Å². The van der Waals surface area contributed by atoms with Crippen molar-refractivity contribution in [3.05, 3.63) is 23.8 Å². The largest absolute Gasteiger partial charge is 0.478 e. The van der Waals surface area contributed by atoms with Gasteiger partial charge in [-0.15, -0.1) is 0 Å². The van der Waals surface area contributed by atoms with Crippen molar-refractivity contribution in [2.75, 3.05) is 11.5 Å². The maximum absolute atomic E-state index is 11.3. The molecule has 0 aromatic rings. The average Bonchev–Trinajstić information content (AvgIpc) is 3.26. The first-order valence-electron chi connectivity index (χ1n) is 7.68. The second-order valence-electron chi connectivity index (χ2n) is 6.67. The highest BCUT2D eigenvalue weighted by molar-refractivity contribution is 7.99. The molecular formula is C16H21NO2S. The molecule has 4 rings (SSSR count). The molecule has 3 atom stereocenters. The Kier molecular flexibility index (Phi) is 3.00. The topological polar surface area (TPSA) is 49.3 Å². The maximum Gasteiger partial charge on any atom is 0.335 e. The molecule has 0 amide bonds. The van der Waals surface area contributed by atoms with Crippen molar-refractivity contribution in [3.63, 3.8) is 0 Å². The van der Waals surface area contributed by atoms with Crippen LogP contribution in [-0.4, -0.2) is 34.7 Å². The van der Waals surface area contributed by atoms with Gasteiger partial charge in [0.25, 0.3) is 0 Å². The highest BCUT2D eigenvalue weighted by Crippen LogP contribution is 2.57. The fourth-order valence-corrected chi connectivity index (χ4v) is 5.77. The highest BCUT2D eigenvalue weighted by atomic mass is 32.2. The van der Waals surface area contributed by atoms with Crippen molar-refractivity contribution in [2.45, 2.75) is 37.8 Å². The van der Waals surface area contributed by atoms with E-state index in [1.807, 2.05) is 0 Å². The fraction of sp³-hybridized carbons (Fsp3) is 0.688. The smallest absolute Gasteiger partial charge is 0.335 e. The summed E-state index contributed by atoms with van der Waals surface area (Å²) in [4.78, 5) is 11.3. The molecule has 108 valence electrons. The fourth-order valence-electron chi connectivity index (χ4n) is 4.52. The Balaban J connectivity index is 1.71. The lowest BCUT2D eigenvalue weighted by Crippen LogP contribution is -2.43. The van der Waals surface area contributed by atoms with E-state index in [9.17, 15) is 9.90 Å². The minimum Gasteiger partial charge on any atom is -0.478 e. The lowest BCUT2D eigenvalue weighted by atomic mass is 9.65. The standard InChI is InChI=1S/C16H21NO2S/c18-15(19)11-3-4-13-12(9-11)16(5-7-20-8-6-16)14(17-13)10-1-2-10/h3-4,9-10,12-14,17H,1-2,5-8H2,(H,18,19). The molecule has 20 heavy (non-hydrogen) atoms. The third kappa shape index (κ3) is 1.88. The molecule has 2 aliphatic heterocycles. The van der Waals surface area contributed by atoms with Crippen LogP contribution in [0.4, 0.5) is 0 Å². The van der Waals surface area contributed by atoms with Crippen LogP contribution in [0.25, 0.3) is 0 Å². The van der Waals surface area contributed by atoms with Crippen molar-refractivity contribution in [1.82, 2.24) is 5.32 Å². The maximum atomic E-state index is 11.3. The van der Waals surface area contributed by atoms with E-state index in [1.165, 1.54) is 37.2 Å². The van der Waals surface area contributed by atoms with Crippen molar-refractivity contribution in [2.24, 2.45) is 17.3 Å². The molecule has 0 radical (unpaired) electrons. The average molecular weight is 291 g/mol. The monoisotopic (exact) mass is 291 g/mol. The predicted molar refractivity (Wildman–Crippen MR) is 80.8 cm³/mol. The molecule has 2 saturated heterocycles. The number of carboxylic acids is 1. The van der Waals surface area contributed by atoms with Crippen LogP contribution in [-0.2, 0) is 4.79 Å². The second-order valence-corrected chi connectivity index (χ2v) is 7.89. The van der Waals surface area contributed by atoms with Gasteiger partial charge >= 0.3 is 5.97 Å². The highest BCUT2D eigenvalue weighted by Gasteiger charge is 2.57. The lowest BCUT2D eigenvalue weighted by Gasteiger charge is -2.42. The summed E-state index contributed by atoms with van der Waals surface area (Å²) in [5, 5.41) is 13.1. The van der Waals surface area contributed by atoms with Gasteiger partial charge in [-0.3, -0.25) is 0 Å². The zero-order valence-corrected chi connectivity index (χ0v) is 12.4.